The van der Waals surface area contributed by atoms with Crippen molar-refractivity contribution >= 4 is 17.6 Å². The van der Waals surface area contributed by atoms with Crippen molar-refractivity contribution in [2.45, 2.75) is 26.3 Å². The van der Waals surface area contributed by atoms with Crippen LogP contribution in [-0.4, -0.2) is 50.9 Å². The lowest BCUT2D eigenvalue weighted by molar-refractivity contribution is -0.132. The van der Waals surface area contributed by atoms with Crippen molar-refractivity contribution in [1.29, 1.82) is 0 Å². The largest absolute Gasteiger partial charge is 0.497 e. The van der Waals surface area contributed by atoms with Crippen LogP contribution in [0.3, 0.4) is 0 Å². The number of carbonyl (C=O) groups is 2. The van der Waals surface area contributed by atoms with E-state index < -0.39 is 5.41 Å². The van der Waals surface area contributed by atoms with Gasteiger partial charge in [-0.3, -0.25) is 4.79 Å². The molecule has 33 heavy (non-hydrogen) atoms. The molecule has 0 radical (unpaired) electrons. The predicted molar refractivity (Wildman–Crippen MR) is 122 cm³/mol. The molecule has 3 amide bonds. The Morgan fingerprint density at radius 1 is 1.03 bits per heavy atom. The second kappa shape index (κ2) is 9.48. The van der Waals surface area contributed by atoms with Crippen LogP contribution in [0.15, 0.2) is 36.4 Å². The zero-order valence-electron chi connectivity index (χ0n) is 19.1. The third-order valence-electron chi connectivity index (χ3n) is 6.24. The minimum Gasteiger partial charge on any atom is -0.497 e. The molecule has 0 unspecified atom stereocenters. The number of hydrogen-bond acceptors (Lipinski definition) is 6. The summed E-state index contributed by atoms with van der Waals surface area (Å²) in [5.74, 6) is 2.56. The van der Waals surface area contributed by atoms with E-state index in [4.69, 9.17) is 18.9 Å². The molecule has 2 heterocycles. The molecule has 2 N–H and O–H groups in total. The van der Waals surface area contributed by atoms with Gasteiger partial charge in [-0.25, -0.2) is 4.79 Å². The van der Waals surface area contributed by atoms with E-state index in [2.05, 4.69) is 10.6 Å². The number of rotatable bonds is 6. The van der Waals surface area contributed by atoms with Gasteiger partial charge in [0.05, 0.1) is 19.9 Å². The second-order valence-electron chi connectivity index (χ2n) is 8.41. The molecule has 1 saturated heterocycles. The number of benzene rings is 2. The van der Waals surface area contributed by atoms with Gasteiger partial charge in [0.25, 0.3) is 0 Å². The number of urea groups is 1. The maximum atomic E-state index is 12.9. The summed E-state index contributed by atoms with van der Waals surface area (Å²) in [6.45, 7) is 3.55. The number of anilines is 1. The molecular weight excluding hydrogens is 426 g/mol. The summed E-state index contributed by atoms with van der Waals surface area (Å²) in [5, 5.41) is 5.92. The Morgan fingerprint density at radius 2 is 1.79 bits per heavy atom. The van der Waals surface area contributed by atoms with Crippen molar-refractivity contribution in [2.24, 2.45) is 5.41 Å². The van der Waals surface area contributed by atoms with Gasteiger partial charge in [-0.2, -0.15) is 0 Å². The maximum absolute atomic E-state index is 12.9. The first-order valence-electron chi connectivity index (χ1n) is 10.9. The maximum Gasteiger partial charge on any atom is 0.321 e. The van der Waals surface area contributed by atoms with Gasteiger partial charge in [0.2, 0.25) is 12.7 Å². The normalized spacial score (nSPS) is 16.2. The van der Waals surface area contributed by atoms with Gasteiger partial charge in [0.15, 0.2) is 11.5 Å². The van der Waals surface area contributed by atoms with E-state index in [-0.39, 0.29) is 18.7 Å². The number of fused-ring (bicyclic) bond motifs is 1. The Kier molecular flexibility index (Phi) is 6.48. The van der Waals surface area contributed by atoms with E-state index in [1.165, 1.54) is 0 Å². The molecule has 0 atom stereocenters. The Labute approximate surface area is 192 Å². The molecule has 0 spiro atoms. The summed E-state index contributed by atoms with van der Waals surface area (Å²) in [4.78, 5) is 27.4. The van der Waals surface area contributed by atoms with Crippen LogP contribution in [0.5, 0.6) is 23.0 Å². The summed E-state index contributed by atoms with van der Waals surface area (Å²) in [6, 6.07) is 10.6. The molecule has 2 aromatic rings. The minimum atomic E-state index is -0.537. The molecule has 9 heteroatoms. The molecule has 2 aliphatic heterocycles. The zero-order valence-corrected chi connectivity index (χ0v) is 19.1. The predicted octanol–water partition coefficient (Wildman–Crippen LogP) is 3.38. The highest BCUT2D eigenvalue weighted by atomic mass is 16.7. The van der Waals surface area contributed by atoms with Gasteiger partial charge >= 0.3 is 6.03 Å². The number of piperidine rings is 1. The Morgan fingerprint density at radius 3 is 2.52 bits per heavy atom. The van der Waals surface area contributed by atoms with E-state index in [0.717, 1.165) is 11.3 Å². The fourth-order valence-electron chi connectivity index (χ4n) is 3.97. The Balaban J connectivity index is 1.30. The van der Waals surface area contributed by atoms with Crippen LogP contribution < -0.4 is 29.6 Å². The average molecular weight is 456 g/mol. The third kappa shape index (κ3) is 4.92. The molecule has 2 aromatic carbocycles. The highest BCUT2D eigenvalue weighted by Crippen LogP contribution is 2.34. The summed E-state index contributed by atoms with van der Waals surface area (Å²) in [6.07, 6.45) is 1.15. The lowest BCUT2D eigenvalue weighted by atomic mass is 9.79. The van der Waals surface area contributed by atoms with Crippen LogP contribution in [0, 0.1) is 5.41 Å². The smallest absolute Gasteiger partial charge is 0.321 e. The van der Waals surface area contributed by atoms with Crippen molar-refractivity contribution in [3.63, 3.8) is 0 Å². The van der Waals surface area contributed by atoms with Crippen molar-refractivity contribution in [2.75, 3.05) is 39.4 Å². The van der Waals surface area contributed by atoms with Crippen LogP contribution in [-0.2, 0) is 11.3 Å². The average Bonchev–Trinajstić information content (AvgIpc) is 3.31. The summed E-state index contributed by atoms with van der Waals surface area (Å²) in [7, 11) is 3.11. The number of amides is 3. The van der Waals surface area contributed by atoms with Gasteiger partial charge < -0.3 is 34.5 Å². The van der Waals surface area contributed by atoms with Crippen LogP contribution in [0.1, 0.15) is 25.3 Å². The quantitative estimate of drug-likeness (QED) is 0.693. The standard InChI is InChI=1S/C24H29N3O6/c1-24(22(28)25-14-16-4-7-19-21(12-16)33-15-32-19)8-10-27(11-9-24)23(29)26-18-6-5-17(30-2)13-20(18)31-3/h4-7,12-13H,8-11,14-15H2,1-3H3,(H,25,28)(H,26,29). The topological polar surface area (TPSA) is 98.4 Å². The van der Waals surface area contributed by atoms with Crippen LogP contribution in [0.25, 0.3) is 0 Å². The molecular formula is C24H29N3O6. The molecule has 0 aromatic heterocycles. The van der Waals surface area contributed by atoms with E-state index >= 15 is 0 Å². The highest BCUT2D eigenvalue weighted by molar-refractivity contribution is 5.91. The Hall–Kier alpha value is -3.62. The van der Waals surface area contributed by atoms with Gasteiger partial charge in [-0.1, -0.05) is 13.0 Å². The fourth-order valence-corrected chi connectivity index (χ4v) is 3.97. The monoisotopic (exact) mass is 455 g/mol. The third-order valence-corrected chi connectivity index (χ3v) is 6.24. The lowest BCUT2D eigenvalue weighted by Gasteiger charge is -2.38. The van der Waals surface area contributed by atoms with Crippen LogP contribution in [0.4, 0.5) is 10.5 Å². The van der Waals surface area contributed by atoms with Crippen molar-refractivity contribution < 1.29 is 28.5 Å². The Bertz CT molecular complexity index is 1030. The van der Waals surface area contributed by atoms with Crippen LogP contribution in [0.2, 0.25) is 0 Å². The molecule has 0 bridgehead atoms. The number of likely N-dealkylation sites (tertiary alicyclic amines) is 1. The minimum absolute atomic E-state index is 0.0166. The summed E-state index contributed by atoms with van der Waals surface area (Å²) >= 11 is 0. The van der Waals surface area contributed by atoms with Crippen molar-refractivity contribution in [1.82, 2.24) is 10.2 Å². The lowest BCUT2D eigenvalue weighted by Crippen LogP contribution is -2.49. The second-order valence-corrected chi connectivity index (χ2v) is 8.41. The first kappa shape index (κ1) is 22.6. The highest BCUT2D eigenvalue weighted by Gasteiger charge is 2.38. The number of methoxy groups -OCH3 is 2. The zero-order chi connectivity index (χ0) is 23.4. The van der Waals surface area contributed by atoms with Gasteiger partial charge in [-0.05, 0) is 42.7 Å². The van der Waals surface area contributed by atoms with E-state index in [0.29, 0.717) is 55.4 Å². The molecule has 1 fully saturated rings. The molecule has 2 aliphatic rings. The number of nitrogens with one attached hydrogen (secondary N) is 2. The molecule has 0 saturated carbocycles. The SMILES string of the molecule is COc1ccc(NC(=O)N2CCC(C)(C(=O)NCc3ccc4c(c3)OCO4)CC2)c(OC)c1. The molecule has 0 aliphatic carbocycles. The van der Waals surface area contributed by atoms with E-state index in [1.807, 2.05) is 25.1 Å². The fraction of sp³-hybridized carbons (Fsp3) is 0.417. The van der Waals surface area contributed by atoms with Crippen molar-refractivity contribution in [3.05, 3.63) is 42.0 Å². The van der Waals surface area contributed by atoms with E-state index in [1.54, 1.807) is 37.3 Å². The molecule has 4 rings (SSSR count). The number of nitrogens with zero attached hydrogens (tertiary/aromatic N) is 1. The van der Waals surface area contributed by atoms with Crippen LogP contribution >= 0.6 is 0 Å². The summed E-state index contributed by atoms with van der Waals surface area (Å²) in [5.41, 5.74) is 0.977. The molecule has 9 nitrogen and oxygen atoms in total. The van der Waals surface area contributed by atoms with E-state index in [9.17, 15) is 9.59 Å². The van der Waals surface area contributed by atoms with Crippen molar-refractivity contribution in [3.8, 4) is 23.0 Å². The first-order valence-corrected chi connectivity index (χ1v) is 10.9. The number of carbonyl (C=O) groups excluding carboxylic acids is 2. The molecule has 176 valence electrons. The van der Waals surface area contributed by atoms with Gasteiger partial charge in [-0.15, -0.1) is 0 Å². The first-order chi connectivity index (χ1) is 15.9. The summed E-state index contributed by atoms with van der Waals surface area (Å²) < 4.78 is 21.3. The number of hydrogen-bond donors (Lipinski definition) is 2. The number of ether oxygens (including phenoxy) is 4. The van der Waals surface area contributed by atoms with Gasteiger partial charge in [0, 0.05) is 31.1 Å². The van der Waals surface area contributed by atoms with Gasteiger partial charge in [0.1, 0.15) is 11.5 Å².